The van der Waals surface area contributed by atoms with Crippen molar-refractivity contribution in [1.29, 1.82) is 0 Å². The summed E-state index contributed by atoms with van der Waals surface area (Å²) in [5, 5.41) is 0. The zero-order valence-corrected chi connectivity index (χ0v) is 14.2. The molecule has 2 aromatic carbocycles. The Morgan fingerprint density at radius 1 is 0.880 bits per heavy atom. The van der Waals surface area contributed by atoms with E-state index in [4.69, 9.17) is 15.2 Å². The number of ether oxygens (including phenoxy) is 2. The molecule has 1 aromatic heterocycles. The number of hydrogen-bond donors (Lipinski definition) is 1. The van der Waals surface area contributed by atoms with Crippen molar-refractivity contribution in [2.75, 3.05) is 0 Å². The second-order valence-corrected chi connectivity index (χ2v) is 5.92. The van der Waals surface area contributed by atoms with Gasteiger partial charge in [-0.1, -0.05) is 30.3 Å². The Kier molecular flexibility index (Phi) is 5.65. The van der Waals surface area contributed by atoms with E-state index >= 15 is 0 Å². The Hall–Kier alpha value is -2.85. The number of nitrogens with zero attached hydrogens (tertiary/aromatic N) is 1. The Balaban J connectivity index is 1.63. The Bertz CT molecular complexity index is 759. The van der Waals surface area contributed by atoms with Gasteiger partial charge in [0.25, 0.3) is 0 Å². The summed E-state index contributed by atoms with van der Waals surface area (Å²) in [7, 11) is 0. The standard InChI is InChI=1S/C21H22N2O2/c1-16(22)21(18-11-13-23-14-12-18)25-20-9-7-19(8-10-20)24-15-17-5-3-2-4-6-17/h2-14,16,21H,15,22H2,1H3. The molecule has 2 N–H and O–H groups in total. The minimum absolute atomic E-state index is 0.142. The average Bonchev–Trinajstić information content (AvgIpc) is 2.66. The van der Waals surface area contributed by atoms with E-state index in [1.807, 2.05) is 73.7 Å². The summed E-state index contributed by atoms with van der Waals surface area (Å²) < 4.78 is 11.9. The Morgan fingerprint density at radius 3 is 2.16 bits per heavy atom. The molecule has 0 spiro atoms. The van der Waals surface area contributed by atoms with Gasteiger partial charge in [-0.05, 0) is 54.4 Å². The fraction of sp³-hybridized carbons (Fsp3) is 0.190. The molecule has 0 aliphatic heterocycles. The van der Waals surface area contributed by atoms with Crippen molar-refractivity contribution < 1.29 is 9.47 Å². The van der Waals surface area contributed by atoms with Crippen LogP contribution in [0.5, 0.6) is 11.5 Å². The van der Waals surface area contributed by atoms with Crippen LogP contribution in [0.25, 0.3) is 0 Å². The van der Waals surface area contributed by atoms with Crippen molar-refractivity contribution in [1.82, 2.24) is 4.98 Å². The molecule has 0 radical (unpaired) electrons. The van der Waals surface area contributed by atoms with E-state index in [0.717, 1.165) is 22.6 Å². The molecule has 4 heteroatoms. The smallest absolute Gasteiger partial charge is 0.139 e. The van der Waals surface area contributed by atoms with Gasteiger partial charge in [0, 0.05) is 18.4 Å². The normalized spacial score (nSPS) is 13.0. The van der Waals surface area contributed by atoms with Gasteiger partial charge in [0.15, 0.2) is 0 Å². The summed E-state index contributed by atoms with van der Waals surface area (Å²) in [5.74, 6) is 1.56. The summed E-state index contributed by atoms with van der Waals surface area (Å²) in [4.78, 5) is 4.04. The van der Waals surface area contributed by atoms with Crippen LogP contribution < -0.4 is 15.2 Å². The molecule has 0 fully saturated rings. The lowest BCUT2D eigenvalue weighted by atomic mass is 10.1. The lowest BCUT2D eigenvalue weighted by molar-refractivity contribution is 0.180. The largest absolute Gasteiger partial charge is 0.489 e. The van der Waals surface area contributed by atoms with E-state index in [0.29, 0.717) is 6.61 Å². The van der Waals surface area contributed by atoms with Crippen molar-refractivity contribution >= 4 is 0 Å². The van der Waals surface area contributed by atoms with E-state index in [9.17, 15) is 0 Å². The molecule has 4 nitrogen and oxygen atoms in total. The van der Waals surface area contributed by atoms with Gasteiger partial charge in [-0.15, -0.1) is 0 Å². The minimum Gasteiger partial charge on any atom is -0.489 e. The van der Waals surface area contributed by atoms with Gasteiger partial charge in [-0.3, -0.25) is 4.98 Å². The van der Waals surface area contributed by atoms with Crippen LogP contribution in [0, 0.1) is 0 Å². The second-order valence-electron chi connectivity index (χ2n) is 5.92. The van der Waals surface area contributed by atoms with Crippen LogP contribution in [-0.4, -0.2) is 11.0 Å². The average molecular weight is 334 g/mol. The molecule has 3 aromatic rings. The minimum atomic E-state index is -0.223. The molecule has 0 amide bonds. The van der Waals surface area contributed by atoms with E-state index < -0.39 is 0 Å². The van der Waals surface area contributed by atoms with Crippen molar-refractivity contribution in [3.8, 4) is 11.5 Å². The molecule has 0 aliphatic carbocycles. The maximum Gasteiger partial charge on any atom is 0.139 e. The van der Waals surface area contributed by atoms with Crippen LogP contribution in [0.4, 0.5) is 0 Å². The third-order valence-corrected chi connectivity index (χ3v) is 3.85. The first kappa shape index (κ1) is 17.0. The highest BCUT2D eigenvalue weighted by atomic mass is 16.5. The predicted octanol–water partition coefficient (Wildman–Crippen LogP) is 4.13. The Labute approximate surface area is 148 Å². The van der Waals surface area contributed by atoms with E-state index in [-0.39, 0.29) is 12.1 Å². The van der Waals surface area contributed by atoms with Crippen LogP contribution in [0.15, 0.2) is 79.1 Å². The number of hydrogen-bond acceptors (Lipinski definition) is 4. The van der Waals surface area contributed by atoms with E-state index in [2.05, 4.69) is 4.98 Å². The molecule has 0 saturated carbocycles. The first-order valence-corrected chi connectivity index (χ1v) is 8.31. The van der Waals surface area contributed by atoms with E-state index in [1.54, 1.807) is 12.4 Å². The molecular weight excluding hydrogens is 312 g/mol. The van der Waals surface area contributed by atoms with Crippen molar-refractivity contribution in [2.45, 2.75) is 25.7 Å². The van der Waals surface area contributed by atoms with Crippen LogP contribution in [0.1, 0.15) is 24.2 Å². The number of pyridine rings is 1. The fourth-order valence-electron chi connectivity index (χ4n) is 2.53. The molecule has 128 valence electrons. The van der Waals surface area contributed by atoms with Crippen LogP contribution >= 0.6 is 0 Å². The molecule has 2 unspecified atom stereocenters. The zero-order valence-electron chi connectivity index (χ0n) is 14.2. The van der Waals surface area contributed by atoms with Crippen molar-refractivity contribution in [3.05, 3.63) is 90.3 Å². The van der Waals surface area contributed by atoms with E-state index in [1.165, 1.54) is 0 Å². The quantitative estimate of drug-likeness (QED) is 0.706. The monoisotopic (exact) mass is 334 g/mol. The van der Waals surface area contributed by atoms with Crippen LogP contribution in [-0.2, 0) is 6.61 Å². The zero-order chi connectivity index (χ0) is 17.5. The number of rotatable bonds is 7. The van der Waals surface area contributed by atoms with Crippen molar-refractivity contribution in [2.24, 2.45) is 5.73 Å². The number of nitrogens with two attached hydrogens (primary N) is 1. The fourth-order valence-corrected chi connectivity index (χ4v) is 2.53. The third kappa shape index (κ3) is 4.81. The number of aromatic nitrogens is 1. The van der Waals surface area contributed by atoms with Crippen molar-refractivity contribution in [3.63, 3.8) is 0 Å². The van der Waals surface area contributed by atoms with Gasteiger partial charge in [-0.2, -0.15) is 0 Å². The molecule has 2 atom stereocenters. The van der Waals surface area contributed by atoms with Gasteiger partial charge >= 0.3 is 0 Å². The molecule has 25 heavy (non-hydrogen) atoms. The molecule has 0 saturated heterocycles. The van der Waals surface area contributed by atoms with Gasteiger partial charge in [0.2, 0.25) is 0 Å². The maximum atomic E-state index is 6.09. The highest BCUT2D eigenvalue weighted by Crippen LogP contribution is 2.26. The second kappa shape index (κ2) is 8.31. The molecular formula is C21H22N2O2. The van der Waals surface area contributed by atoms with Crippen LogP contribution in [0.3, 0.4) is 0 Å². The lowest BCUT2D eigenvalue weighted by Gasteiger charge is -2.23. The number of benzene rings is 2. The molecule has 0 aliphatic rings. The maximum absolute atomic E-state index is 6.09. The van der Waals surface area contributed by atoms with Gasteiger partial charge < -0.3 is 15.2 Å². The molecule has 0 bridgehead atoms. The molecule has 3 rings (SSSR count). The lowest BCUT2D eigenvalue weighted by Crippen LogP contribution is -2.29. The molecule has 1 heterocycles. The van der Waals surface area contributed by atoms with Crippen LogP contribution in [0.2, 0.25) is 0 Å². The first-order valence-electron chi connectivity index (χ1n) is 8.31. The summed E-state index contributed by atoms with van der Waals surface area (Å²) in [6.45, 7) is 2.48. The highest BCUT2D eigenvalue weighted by molar-refractivity contribution is 5.32. The first-order chi connectivity index (χ1) is 12.2. The topological polar surface area (TPSA) is 57.4 Å². The highest BCUT2D eigenvalue weighted by Gasteiger charge is 2.18. The summed E-state index contributed by atoms with van der Waals surface area (Å²) in [6, 6.07) is 21.4. The van der Waals surface area contributed by atoms with Gasteiger partial charge in [0.05, 0.1) is 0 Å². The third-order valence-electron chi connectivity index (χ3n) is 3.85. The van der Waals surface area contributed by atoms with Gasteiger partial charge in [0.1, 0.15) is 24.2 Å². The summed E-state index contributed by atoms with van der Waals surface area (Å²) in [5.41, 5.74) is 8.23. The summed E-state index contributed by atoms with van der Waals surface area (Å²) in [6.07, 6.45) is 3.27. The predicted molar refractivity (Wildman–Crippen MR) is 98.5 cm³/mol. The summed E-state index contributed by atoms with van der Waals surface area (Å²) >= 11 is 0. The van der Waals surface area contributed by atoms with Gasteiger partial charge in [-0.25, -0.2) is 0 Å². The SMILES string of the molecule is CC(N)C(Oc1ccc(OCc2ccccc2)cc1)c1ccncc1. The Morgan fingerprint density at radius 2 is 1.52 bits per heavy atom.